The molecule has 1 rings (SSSR count). The summed E-state index contributed by atoms with van der Waals surface area (Å²) in [5.74, 6) is -2.20. The van der Waals surface area contributed by atoms with Gasteiger partial charge in [0.1, 0.15) is 6.04 Å². The van der Waals surface area contributed by atoms with Crippen LogP contribution in [0.5, 0.6) is 0 Å². The molecule has 4 N–H and O–H groups in total. The van der Waals surface area contributed by atoms with Crippen LogP contribution in [0.3, 0.4) is 0 Å². The summed E-state index contributed by atoms with van der Waals surface area (Å²) in [4.78, 5) is 33.0. The third-order valence-electron chi connectivity index (χ3n) is 2.84. The normalized spacial score (nSPS) is 11.7. The fourth-order valence-electron chi connectivity index (χ4n) is 1.67. The first-order valence-electron chi connectivity index (χ1n) is 6.36. The Kier molecular flexibility index (Phi) is 6.18. The number of carboxylic acid groups (broad SMARTS) is 2. The number of hydrogen-bond acceptors (Lipinski definition) is 4. The molecule has 0 unspecified atom stereocenters. The number of rotatable bonds is 8. The molecule has 9 heteroatoms. The van der Waals surface area contributed by atoms with Crippen LogP contribution in [0.2, 0.25) is 0 Å². The van der Waals surface area contributed by atoms with Crippen LogP contribution in [0.15, 0.2) is 12.3 Å². The van der Waals surface area contributed by atoms with Gasteiger partial charge in [-0.3, -0.25) is 9.48 Å². The molecule has 0 fully saturated rings. The van der Waals surface area contributed by atoms with E-state index in [1.54, 1.807) is 24.0 Å². The van der Waals surface area contributed by atoms with Gasteiger partial charge in [0.05, 0.1) is 12.2 Å². The Labute approximate surface area is 120 Å². The minimum atomic E-state index is -1.20. The van der Waals surface area contributed by atoms with Crippen molar-refractivity contribution in [2.75, 3.05) is 0 Å². The summed E-state index contributed by atoms with van der Waals surface area (Å²) in [5.41, 5.74) is 0.767. The quantitative estimate of drug-likeness (QED) is 0.530. The van der Waals surface area contributed by atoms with Gasteiger partial charge in [-0.15, -0.1) is 0 Å². The summed E-state index contributed by atoms with van der Waals surface area (Å²) in [6.45, 7) is 0.212. The molecule has 0 spiro atoms. The first-order valence-corrected chi connectivity index (χ1v) is 6.36. The molecule has 1 heterocycles. The molecule has 116 valence electrons. The van der Waals surface area contributed by atoms with Crippen molar-refractivity contribution >= 4 is 18.0 Å². The highest BCUT2D eigenvalue weighted by Crippen LogP contribution is 2.02. The largest absolute Gasteiger partial charge is 0.481 e. The molecule has 9 nitrogen and oxygen atoms in total. The summed E-state index contributed by atoms with van der Waals surface area (Å²) in [6.07, 6.45) is 1.68. The molecule has 0 aliphatic rings. The predicted octanol–water partition coefficient (Wildman–Crippen LogP) is -0.0726. The number of aromatic nitrogens is 2. The van der Waals surface area contributed by atoms with E-state index in [-0.39, 0.29) is 25.8 Å². The standard InChI is InChI=1S/C12H18N4O5/c1-16-8(5-6-14-16)7-13-12(21)15-9(11(19)20)3-2-4-10(17)18/h5-6,9H,2-4,7H2,1H3,(H,17,18)(H,19,20)(H2,13,15,21)/t9-/m1/s1. The van der Waals surface area contributed by atoms with Gasteiger partial charge in [0.25, 0.3) is 0 Å². The van der Waals surface area contributed by atoms with Gasteiger partial charge in [0, 0.05) is 19.7 Å². The van der Waals surface area contributed by atoms with Gasteiger partial charge in [-0.1, -0.05) is 0 Å². The fourth-order valence-corrected chi connectivity index (χ4v) is 1.67. The Bertz CT molecular complexity index is 514. The van der Waals surface area contributed by atoms with Crippen molar-refractivity contribution in [3.8, 4) is 0 Å². The molecule has 1 atom stereocenters. The minimum absolute atomic E-state index is 0.0563. The molecule has 21 heavy (non-hydrogen) atoms. The molecule has 0 saturated heterocycles. The number of nitrogens with one attached hydrogen (secondary N) is 2. The van der Waals surface area contributed by atoms with Crippen molar-refractivity contribution in [3.63, 3.8) is 0 Å². The Morgan fingerprint density at radius 3 is 2.62 bits per heavy atom. The van der Waals surface area contributed by atoms with E-state index in [9.17, 15) is 14.4 Å². The van der Waals surface area contributed by atoms with Crippen LogP contribution in [-0.2, 0) is 23.2 Å². The van der Waals surface area contributed by atoms with Gasteiger partial charge in [-0.2, -0.15) is 5.10 Å². The zero-order valence-corrected chi connectivity index (χ0v) is 11.6. The molecule has 0 aliphatic heterocycles. The van der Waals surface area contributed by atoms with Crippen LogP contribution in [0.25, 0.3) is 0 Å². The topological polar surface area (TPSA) is 134 Å². The van der Waals surface area contributed by atoms with Crippen molar-refractivity contribution in [2.24, 2.45) is 7.05 Å². The highest BCUT2D eigenvalue weighted by Gasteiger charge is 2.19. The third-order valence-corrected chi connectivity index (χ3v) is 2.84. The molecule has 0 saturated carbocycles. The maximum absolute atomic E-state index is 11.6. The average Bonchev–Trinajstić information content (AvgIpc) is 2.80. The van der Waals surface area contributed by atoms with Gasteiger partial charge in [-0.25, -0.2) is 9.59 Å². The number of aryl methyl sites for hydroxylation is 1. The second-order valence-corrected chi connectivity index (χ2v) is 4.45. The maximum Gasteiger partial charge on any atom is 0.326 e. The van der Waals surface area contributed by atoms with E-state index >= 15 is 0 Å². The number of aliphatic carboxylic acids is 2. The lowest BCUT2D eigenvalue weighted by atomic mass is 10.1. The van der Waals surface area contributed by atoms with Crippen molar-refractivity contribution < 1.29 is 24.6 Å². The third kappa shape index (κ3) is 5.93. The Balaban J connectivity index is 2.39. The van der Waals surface area contributed by atoms with Crippen LogP contribution in [0.1, 0.15) is 25.0 Å². The number of carboxylic acids is 2. The van der Waals surface area contributed by atoms with Crippen LogP contribution in [0.4, 0.5) is 4.79 Å². The molecule has 0 radical (unpaired) electrons. The molecule has 1 aromatic heterocycles. The molecule has 0 aromatic carbocycles. The molecule has 2 amide bonds. The van der Waals surface area contributed by atoms with Crippen LogP contribution < -0.4 is 10.6 Å². The Morgan fingerprint density at radius 1 is 1.38 bits per heavy atom. The Hall–Kier alpha value is -2.58. The Morgan fingerprint density at radius 2 is 2.10 bits per heavy atom. The maximum atomic E-state index is 11.6. The molecular formula is C12H18N4O5. The summed E-state index contributed by atoms with van der Waals surface area (Å²) < 4.78 is 1.59. The lowest BCUT2D eigenvalue weighted by molar-refractivity contribution is -0.140. The summed E-state index contributed by atoms with van der Waals surface area (Å²) in [7, 11) is 1.72. The number of hydrogen-bond donors (Lipinski definition) is 4. The number of amides is 2. The number of urea groups is 1. The number of nitrogens with zero attached hydrogens (tertiary/aromatic N) is 2. The second-order valence-electron chi connectivity index (χ2n) is 4.45. The summed E-state index contributed by atoms with van der Waals surface area (Å²) in [5, 5.41) is 26.2. The van der Waals surface area contributed by atoms with Crippen molar-refractivity contribution in [1.29, 1.82) is 0 Å². The predicted molar refractivity (Wildman–Crippen MR) is 71.5 cm³/mol. The fraction of sp³-hybridized carbons (Fsp3) is 0.500. The molecule has 1 aromatic rings. The first-order chi connectivity index (χ1) is 9.90. The monoisotopic (exact) mass is 298 g/mol. The van der Waals surface area contributed by atoms with E-state index in [0.29, 0.717) is 0 Å². The minimum Gasteiger partial charge on any atom is -0.481 e. The van der Waals surface area contributed by atoms with Crippen molar-refractivity contribution in [2.45, 2.75) is 31.8 Å². The van der Waals surface area contributed by atoms with Crippen molar-refractivity contribution in [1.82, 2.24) is 20.4 Å². The van der Waals surface area contributed by atoms with E-state index in [2.05, 4.69) is 15.7 Å². The lowest BCUT2D eigenvalue weighted by Gasteiger charge is -2.14. The van der Waals surface area contributed by atoms with E-state index in [1.807, 2.05) is 0 Å². The van der Waals surface area contributed by atoms with Crippen LogP contribution in [0, 0.1) is 0 Å². The van der Waals surface area contributed by atoms with E-state index in [1.165, 1.54) is 0 Å². The van der Waals surface area contributed by atoms with Gasteiger partial charge in [0.15, 0.2) is 0 Å². The smallest absolute Gasteiger partial charge is 0.326 e. The van der Waals surface area contributed by atoms with Gasteiger partial charge >= 0.3 is 18.0 Å². The van der Waals surface area contributed by atoms with Crippen LogP contribution >= 0.6 is 0 Å². The SMILES string of the molecule is Cn1nccc1CNC(=O)N[C@H](CCCC(=O)O)C(=O)O. The van der Waals surface area contributed by atoms with Crippen LogP contribution in [-0.4, -0.2) is 44.0 Å². The zero-order valence-electron chi connectivity index (χ0n) is 11.6. The lowest BCUT2D eigenvalue weighted by Crippen LogP contribution is -2.45. The highest BCUT2D eigenvalue weighted by atomic mass is 16.4. The first kappa shape index (κ1) is 16.5. The number of carbonyl (C=O) groups is 3. The van der Waals surface area contributed by atoms with Crippen molar-refractivity contribution in [3.05, 3.63) is 18.0 Å². The average molecular weight is 298 g/mol. The van der Waals surface area contributed by atoms with Gasteiger partial charge < -0.3 is 20.8 Å². The van der Waals surface area contributed by atoms with Gasteiger partial charge in [0.2, 0.25) is 0 Å². The number of carbonyl (C=O) groups excluding carboxylic acids is 1. The van der Waals surface area contributed by atoms with E-state index in [0.717, 1.165) is 5.69 Å². The summed E-state index contributed by atoms with van der Waals surface area (Å²) in [6, 6.07) is -0.0169. The highest BCUT2D eigenvalue weighted by molar-refractivity contribution is 5.82. The second kappa shape index (κ2) is 7.88. The summed E-state index contributed by atoms with van der Waals surface area (Å²) >= 11 is 0. The van der Waals surface area contributed by atoms with E-state index < -0.39 is 24.0 Å². The zero-order chi connectivity index (χ0) is 15.8. The van der Waals surface area contributed by atoms with Gasteiger partial charge in [-0.05, 0) is 18.9 Å². The molecule has 0 bridgehead atoms. The van der Waals surface area contributed by atoms with E-state index in [4.69, 9.17) is 10.2 Å². The molecule has 0 aliphatic carbocycles. The molecular weight excluding hydrogens is 280 g/mol.